The van der Waals surface area contributed by atoms with Gasteiger partial charge in [0.25, 0.3) is 5.91 Å². The summed E-state index contributed by atoms with van der Waals surface area (Å²) in [6.07, 6.45) is 1.53. The van der Waals surface area contributed by atoms with Crippen molar-refractivity contribution in [1.29, 1.82) is 0 Å². The first-order chi connectivity index (χ1) is 14.3. The number of nitrogens with zero attached hydrogens (tertiary/aromatic N) is 5. The molecule has 0 bridgehead atoms. The molecule has 0 aliphatic heterocycles. The van der Waals surface area contributed by atoms with E-state index in [0.29, 0.717) is 14.6 Å². The van der Waals surface area contributed by atoms with Crippen molar-refractivity contribution in [2.75, 3.05) is 19.5 Å². The number of anilines is 1. The quantitative estimate of drug-likeness (QED) is 0.419. The summed E-state index contributed by atoms with van der Waals surface area (Å²) in [5.41, 5.74) is 4.06. The predicted octanol–water partition coefficient (Wildman–Crippen LogP) is 4.51. The number of nitrogens with one attached hydrogen (secondary N) is 1. The molecule has 2 amide bonds. The molecule has 2 heterocycles. The van der Waals surface area contributed by atoms with Crippen LogP contribution in [0.4, 0.5) is 5.69 Å². The van der Waals surface area contributed by atoms with Crippen LogP contribution in [0.3, 0.4) is 0 Å². The van der Waals surface area contributed by atoms with Crippen molar-refractivity contribution in [3.63, 3.8) is 0 Å². The molecule has 0 unspecified atom stereocenters. The molecule has 0 saturated carbocycles. The smallest absolute Gasteiger partial charge is 0.274 e. The van der Waals surface area contributed by atoms with E-state index in [0.717, 1.165) is 5.01 Å². The number of benzene rings is 1. The summed E-state index contributed by atoms with van der Waals surface area (Å²) >= 11 is 15.5. The van der Waals surface area contributed by atoms with E-state index in [-0.39, 0.29) is 55.5 Å². The van der Waals surface area contributed by atoms with Crippen LogP contribution in [0.2, 0.25) is 10.0 Å². The molecule has 3 rings (SSSR count). The number of carbonyl (C=O) groups excluding carboxylic acids is 2. The molecular weight excluding hydrogens is 588 g/mol. The van der Waals surface area contributed by atoms with Crippen LogP contribution in [0.25, 0.3) is 11.4 Å². The Morgan fingerprint density at radius 2 is 2.00 bits per heavy atom. The molecule has 1 aromatic carbocycles. The fraction of sp³-hybridized carbons (Fsp3) is 0.111. The SMILES string of the molecule is CO[N-]N(C)C(=O)c1cc(Cl)ccc1NC(=O)c1cc(Br)nn1-c1ncccc1Cl.[Y]. The Labute approximate surface area is 221 Å². The van der Waals surface area contributed by atoms with E-state index in [1.807, 2.05) is 0 Å². The van der Waals surface area contributed by atoms with Gasteiger partial charge in [-0.15, -0.1) is 0 Å². The Bertz CT molecular complexity index is 1110. The van der Waals surface area contributed by atoms with Crippen LogP contribution < -0.4 is 5.32 Å². The first-order valence-corrected chi connectivity index (χ1v) is 9.86. The van der Waals surface area contributed by atoms with Crippen LogP contribution in [-0.2, 0) is 37.5 Å². The van der Waals surface area contributed by atoms with Gasteiger partial charge in [-0.25, -0.2) is 9.67 Å². The molecule has 9 nitrogen and oxygen atoms in total. The average molecular weight is 602 g/mol. The predicted molar refractivity (Wildman–Crippen MR) is 116 cm³/mol. The first kappa shape index (κ1) is 25.9. The Kier molecular flexibility index (Phi) is 9.56. The van der Waals surface area contributed by atoms with Gasteiger partial charge in [0, 0.05) is 57.1 Å². The molecule has 31 heavy (non-hydrogen) atoms. The van der Waals surface area contributed by atoms with Gasteiger partial charge in [-0.2, -0.15) is 5.10 Å². The number of carbonyl (C=O) groups is 2. The minimum Gasteiger partial charge on any atom is -0.470 e. The molecule has 0 atom stereocenters. The minimum absolute atomic E-state index is 0. The van der Waals surface area contributed by atoms with E-state index in [9.17, 15) is 9.59 Å². The van der Waals surface area contributed by atoms with Crippen molar-refractivity contribution in [2.45, 2.75) is 0 Å². The maximum Gasteiger partial charge on any atom is 0.274 e. The van der Waals surface area contributed by atoms with Gasteiger partial charge in [0.2, 0.25) is 5.91 Å². The van der Waals surface area contributed by atoms with Crippen molar-refractivity contribution < 1.29 is 47.1 Å². The molecule has 0 saturated heterocycles. The van der Waals surface area contributed by atoms with E-state index in [4.69, 9.17) is 23.2 Å². The average Bonchev–Trinajstić information content (AvgIpc) is 3.11. The zero-order valence-corrected chi connectivity index (χ0v) is 22.1. The summed E-state index contributed by atoms with van der Waals surface area (Å²) in [6.45, 7) is 0. The van der Waals surface area contributed by atoms with Crippen LogP contribution in [0.1, 0.15) is 20.8 Å². The fourth-order valence-electron chi connectivity index (χ4n) is 2.53. The van der Waals surface area contributed by atoms with Gasteiger partial charge in [-0.05, 0) is 53.3 Å². The number of pyridine rings is 1. The normalized spacial score (nSPS) is 10.4. The van der Waals surface area contributed by atoms with Crippen molar-refractivity contribution >= 4 is 56.6 Å². The van der Waals surface area contributed by atoms with Gasteiger partial charge in [-0.1, -0.05) is 23.2 Å². The van der Waals surface area contributed by atoms with Gasteiger partial charge >= 0.3 is 0 Å². The number of amides is 2. The summed E-state index contributed by atoms with van der Waals surface area (Å²) in [5.74, 6) is -0.796. The van der Waals surface area contributed by atoms with Gasteiger partial charge in [0.05, 0.1) is 16.3 Å². The molecular formula is C18H14BrCl2N6O3Y-. The van der Waals surface area contributed by atoms with E-state index < -0.39 is 11.8 Å². The van der Waals surface area contributed by atoms with Crippen molar-refractivity contribution in [3.05, 3.63) is 74.1 Å². The third-order valence-corrected chi connectivity index (χ3v) is 4.73. The van der Waals surface area contributed by atoms with Crippen LogP contribution in [0.15, 0.2) is 47.2 Å². The number of rotatable bonds is 6. The van der Waals surface area contributed by atoms with Crippen LogP contribution in [0, 0.1) is 0 Å². The molecule has 159 valence electrons. The van der Waals surface area contributed by atoms with E-state index in [1.54, 1.807) is 18.2 Å². The number of aromatic nitrogens is 3. The number of halogens is 3. The van der Waals surface area contributed by atoms with E-state index in [1.165, 1.54) is 43.2 Å². The zero-order chi connectivity index (χ0) is 21.8. The number of hydrogen-bond donors (Lipinski definition) is 1. The standard InChI is InChI=1S/C18H14BrCl2N6O3.Y/c1-26(25-30-2)18(29)11-8-10(20)5-6-13(11)23-17(28)14-9-15(19)24-27(14)16-12(21)4-3-7-22-16;/h3-9H,1-2H3,(H,23,28);/q-1;. The zero-order valence-electron chi connectivity index (χ0n) is 16.2. The van der Waals surface area contributed by atoms with Crippen molar-refractivity contribution in [1.82, 2.24) is 19.8 Å². The van der Waals surface area contributed by atoms with Crippen LogP contribution in [-0.4, -0.2) is 45.7 Å². The fourth-order valence-corrected chi connectivity index (χ4v) is 3.28. The van der Waals surface area contributed by atoms with Gasteiger partial charge in [0.1, 0.15) is 10.3 Å². The summed E-state index contributed by atoms with van der Waals surface area (Å²) in [7, 11) is 2.72. The van der Waals surface area contributed by atoms with Crippen LogP contribution >= 0.6 is 39.1 Å². The Morgan fingerprint density at radius 3 is 2.68 bits per heavy atom. The second-order valence-corrected chi connectivity index (χ2v) is 7.47. The third-order valence-electron chi connectivity index (χ3n) is 3.81. The molecule has 2 aromatic heterocycles. The molecule has 1 radical (unpaired) electrons. The summed E-state index contributed by atoms with van der Waals surface area (Å²) in [6, 6.07) is 9.28. The number of hydrogen-bond acceptors (Lipinski definition) is 5. The Balaban J connectivity index is 0.00000341. The monoisotopic (exact) mass is 600 g/mol. The third kappa shape index (κ3) is 6.10. The minimum atomic E-state index is -0.544. The van der Waals surface area contributed by atoms with Gasteiger partial charge < -0.3 is 20.8 Å². The molecule has 1 N–H and O–H groups in total. The van der Waals surface area contributed by atoms with Crippen molar-refractivity contribution in [2.24, 2.45) is 0 Å². The molecule has 13 heteroatoms. The second-order valence-electron chi connectivity index (χ2n) is 5.81. The van der Waals surface area contributed by atoms with E-state index in [2.05, 4.69) is 41.8 Å². The molecule has 3 aromatic rings. The van der Waals surface area contributed by atoms with Crippen molar-refractivity contribution in [3.8, 4) is 5.82 Å². The molecule has 0 spiro atoms. The summed E-state index contributed by atoms with van der Waals surface area (Å²) in [5, 5.41) is 8.53. The largest absolute Gasteiger partial charge is 0.470 e. The molecule has 0 aliphatic carbocycles. The molecule has 0 fully saturated rings. The molecule has 0 aliphatic rings. The van der Waals surface area contributed by atoms with Gasteiger partial charge in [-0.3, -0.25) is 9.59 Å². The topological polar surface area (TPSA) is 103 Å². The maximum absolute atomic E-state index is 13.0. The maximum atomic E-state index is 13.0. The first-order valence-electron chi connectivity index (χ1n) is 8.31. The Hall–Kier alpha value is -1.40. The van der Waals surface area contributed by atoms with Gasteiger partial charge in [0.15, 0.2) is 5.82 Å². The van der Waals surface area contributed by atoms with E-state index >= 15 is 0 Å². The Morgan fingerprint density at radius 1 is 1.26 bits per heavy atom. The summed E-state index contributed by atoms with van der Waals surface area (Å²) < 4.78 is 1.70. The second kappa shape index (κ2) is 11.5. The van der Waals surface area contributed by atoms with Crippen LogP contribution in [0.5, 0.6) is 0 Å². The summed E-state index contributed by atoms with van der Waals surface area (Å²) in [4.78, 5) is 34.5.